The summed E-state index contributed by atoms with van der Waals surface area (Å²) in [5, 5.41) is 9.17. The molecule has 0 aromatic heterocycles. The highest BCUT2D eigenvalue weighted by Gasteiger charge is 2.43. The van der Waals surface area contributed by atoms with E-state index >= 15 is 0 Å². The predicted octanol–water partition coefficient (Wildman–Crippen LogP) is 0.264. The predicted molar refractivity (Wildman–Crippen MR) is 134 cm³/mol. The summed E-state index contributed by atoms with van der Waals surface area (Å²) in [4.78, 5) is 76.1. The summed E-state index contributed by atoms with van der Waals surface area (Å²) in [6.45, 7) is 9.69. The van der Waals surface area contributed by atoms with Gasteiger partial charge in [0, 0.05) is 19.5 Å². The van der Waals surface area contributed by atoms with Crippen molar-refractivity contribution in [3.8, 4) is 0 Å². The van der Waals surface area contributed by atoms with E-state index in [-0.39, 0.29) is 19.5 Å². The zero-order chi connectivity index (χ0) is 30.1. The molecule has 1 aliphatic rings. The van der Waals surface area contributed by atoms with Crippen LogP contribution in [-0.2, 0) is 24.0 Å². The lowest BCUT2D eigenvalue weighted by atomic mass is 9.85. The first-order valence-corrected chi connectivity index (χ1v) is 12.4. The smallest absolute Gasteiger partial charge is 0.368 e. The van der Waals surface area contributed by atoms with Crippen molar-refractivity contribution in [2.75, 3.05) is 13.1 Å². The molecule has 0 aromatic carbocycles. The van der Waals surface area contributed by atoms with Crippen LogP contribution in [0.25, 0.3) is 0 Å². The van der Waals surface area contributed by atoms with Gasteiger partial charge in [-0.15, -0.1) is 6.58 Å². The number of halogens is 3. The summed E-state index contributed by atoms with van der Waals surface area (Å²) < 4.78 is 38.6. The number of alkyl halides is 3. The molecule has 4 unspecified atom stereocenters. The van der Waals surface area contributed by atoms with E-state index in [9.17, 15) is 41.9 Å². The molecule has 220 valence electrons. The number of amides is 6. The van der Waals surface area contributed by atoms with E-state index in [1.54, 1.807) is 20.8 Å². The second-order valence-corrected chi connectivity index (χ2v) is 10.3. The van der Waals surface area contributed by atoms with E-state index in [0.717, 1.165) is 0 Å². The van der Waals surface area contributed by atoms with Crippen molar-refractivity contribution < 1.29 is 41.9 Å². The third-order valence-electron chi connectivity index (χ3n) is 5.98. The van der Waals surface area contributed by atoms with Crippen LogP contribution in [0.4, 0.5) is 18.0 Å². The Bertz CT molecular complexity index is 965. The number of hydrogen-bond donors (Lipinski definition) is 5. The van der Waals surface area contributed by atoms with Crippen LogP contribution in [0.15, 0.2) is 12.7 Å². The molecule has 0 bridgehead atoms. The number of Topliss-reactive ketones (excluding diaryl/α,β-unsaturated/α-hetero) is 1. The topological polar surface area (TPSA) is 180 Å². The van der Waals surface area contributed by atoms with E-state index in [1.807, 2.05) is 0 Å². The number of nitrogens with two attached hydrogens (primary N) is 1. The quantitative estimate of drug-likeness (QED) is 0.168. The van der Waals surface area contributed by atoms with Gasteiger partial charge in [-0.1, -0.05) is 26.8 Å². The molecule has 4 atom stereocenters. The number of urea groups is 1. The van der Waals surface area contributed by atoms with Gasteiger partial charge in [0.15, 0.2) is 0 Å². The van der Waals surface area contributed by atoms with E-state index in [4.69, 9.17) is 5.73 Å². The third kappa shape index (κ3) is 10.6. The SMILES string of the molecule is C=CCNC(=O)C(=O)C(CCC(F)(F)F)NC(=O)C1CCCN1C(=O)C(NC(=O)NC(C)C(N)=O)C(C)(C)C. The Kier molecular flexibility index (Phi) is 11.9. The molecule has 1 fully saturated rings. The Morgan fingerprint density at radius 2 is 1.69 bits per heavy atom. The number of rotatable bonds is 12. The fourth-order valence-corrected chi connectivity index (χ4v) is 3.81. The first kappa shape index (κ1) is 33.4. The molecule has 6 amide bonds. The zero-order valence-corrected chi connectivity index (χ0v) is 22.4. The molecule has 1 heterocycles. The Hall–Kier alpha value is -3.65. The lowest BCUT2D eigenvalue weighted by Gasteiger charge is -2.35. The molecule has 0 saturated carbocycles. The van der Waals surface area contributed by atoms with Gasteiger partial charge in [0.1, 0.15) is 18.1 Å². The number of nitrogens with one attached hydrogen (secondary N) is 4. The van der Waals surface area contributed by atoms with Crippen LogP contribution in [0.2, 0.25) is 0 Å². The van der Waals surface area contributed by atoms with Crippen molar-refractivity contribution in [1.29, 1.82) is 0 Å². The summed E-state index contributed by atoms with van der Waals surface area (Å²) in [6.07, 6.45) is -5.17. The second-order valence-electron chi connectivity index (χ2n) is 10.3. The largest absolute Gasteiger partial charge is 0.389 e. The molecular weight excluding hydrogens is 525 g/mol. The van der Waals surface area contributed by atoms with Crippen LogP contribution in [0.1, 0.15) is 53.4 Å². The second kappa shape index (κ2) is 13.9. The van der Waals surface area contributed by atoms with Crippen molar-refractivity contribution >= 4 is 35.4 Å². The van der Waals surface area contributed by atoms with Crippen molar-refractivity contribution in [3.63, 3.8) is 0 Å². The highest BCUT2D eigenvalue weighted by atomic mass is 19.4. The number of ketones is 1. The van der Waals surface area contributed by atoms with Gasteiger partial charge in [-0.3, -0.25) is 24.0 Å². The molecule has 0 aromatic rings. The van der Waals surface area contributed by atoms with Gasteiger partial charge in [0.05, 0.1) is 6.04 Å². The van der Waals surface area contributed by atoms with Crippen LogP contribution in [0, 0.1) is 5.41 Å². The third-order valence-corrected chi connectivity index (χ3v) is 5.98. The van der Waals surface area contributed by atoms with Crippen molar-refractivity contribution in [1.82, 2.24) is 26.2 Å². The van der Waals surface area contributed by atoms with Gasteiger partial charge in [0.25, 0.3) is 5.91 Å². The molecule has 1 saturated heterocycles. The van der Waals surface area contributed by atoms with E-state index in [2.05, 4.69) is 27.8 Å². The summed E-state index contributed by atoms with van der Waals surface area (Å²) in [5.41, 5.74) is 4.29. The molecule has 6 N–H and O–H groups in total. The van der Waals surface area contributed by atoms with Gasteiger partial charge in [0.2, 0.25) is 23.5 Å². The Morgan fingerprint density at radius 1 is 1.08 bits per heavy atom. The van der Waals surface area contributed by atoms with Crippen LogP contribution in [0.5, 0.6) is 0 Å². The highest BCUT2D eigenvalue weighted by molar-refractivity contribution is 6.38. The summed E-state index contributed by atoms with van der Waals surface area (Å²) in [7, 11) is 0. The Morgan fingerprint density at radius 3 is 2.21 bits per heavy atom. The number of primary amides is 1. The Balaban J connectivity index is 3.11. The molecule has 0 aliphatic carbocycles. The first-order valence-electron chi connectivity index (χ1n) is 12.4. The van der Waals surface area contributed by atoms with E-state index in [0.29, 0.717) is 6.42 Å². The number of nitrogens with zero attached hydrogens (tertiary/aromatic N) is 1. The van der Waals surface area contributed by atoms with Crippen molar-refractivity contribution in [2.45, 2.75) is 83.7 Å². The number of carbonyl (C=O) groups is 6. The van der Waals surface area contributed by atoms with Crippen LogP contribution in [0.3, 0.4) is 0 Å². The van der Waals surface area contributed by atoms with Gasteiger partial charge < -0.3 is 31.9 Å². The number of likely N-dealkylation sites (tertiary alicyclic amines) is 1. The summed E-state index contributed by atoms with van der Waals surface area (Å²) >= 11 is 0. The first-order chi connectivity index (χ1) is 17.9. The van der Waals surface area contributed by atoms with Gasteiger partial charge in [-0.2, -0.15) is 13.2 Å². The van der Waals surface area contributed by atoms with Gasteiger partial charge >= 0.3 is 12.2 Å². The summed E-state index contributed by atoms with van der Waals surface area (Å²) in [5.74, 6) is -4.80. The van der Waals surface area contributed by atoms with Gasteiger partial charge in [-0.25, -0.2) is 4.79 Å². The molecule has 1 rings (SSSR count). The normalized spacial score (nSPS) is 17.8. The van der Waals surface area contributed by atoms with Crippen molar-refractivity contribution in [3.05, 3.63) is 12.7 Å². The van der Waals surface area contributed by atoms with Crippen LogP contribution < -0.4 is 27.0 Å². The highest BCUT2D eigenvalue weighted by Crippen LogP contribution is 2.27. The lowest BCUT2D eigenvalue weighted by molar-refractivity contribution is -0.147. The molecule has 12 nitrogen and oxygen atoms in total. The average Bonchev–Trinajstić information content (AvgIpc) is 3.31. The molecular formula is C24H37F3N6O6. The summed E-state index contributed by atoms with van der Waals surface area (Å²) in [6, 6.07) is -5.98. The molecule has 1 aliphatic heterocycles. The molecule has 39 heavy (non-hydrogen) atoms. The minimum Gasteiger partial charge on any atom is -0.368 e. The van der Waals surface area contributed by atoms with Gasteiger partial charge in [-0.05, 0) is 31.6 Å². The van der Waals surface area contributed by atoms with E-state index < -0.39 is 84.0 Å². The minimum atomic E-state index is -4.64. The fourth-order valence-electron chi connectivity index (χ4n) is 3.81. The molecule has 15 heteroatoms. The zero-order valence-electron chi connectivity index (χ0n) is 22.4. The number of carbonyl (C=O) groups excluding carboxylic acids is 6. The van der Waals surface area contributed by atoms with Crippen molar-refractivity contribution in [2.24, 2.45) is 11.1 Å². The Labute approximate surface area is 224 Å². The van der Waals surface area contributed by atoms with Crippen LogP contribution >= 0.6 is 0 Å². The standard InChI is InChI=1S/C24H37F3N6O6/c1-6-11-29-20(37)16(34)14(9-10-24(25,26)27)31-19(36)15-8-7-12-33(15)21(38)17(23(3,4)5)32-22(39)30-13(2)18(28)35/h6,13-15,17H,1,7-12H2,2-5H3,(H2,28,35)(H,29,37)(H,31,36)(H2,30,32,39). The maximum atomic E-state index is 13.5. The average molecular weight is 563 g/mol. The van der Waals surface area contributed by atoms with E-state index in [1.165, 1.54) is 17.9 Å². The molecule has 0 spiro atoms. The van der Waals surface area contributed by atoms with Crippen LogP contribution in [-0.4, -0.2) is 83.8 Å². The number of hydrogen-bond acceptors (Lipinski definition) is 6. The maximum absolute atomic E-state index is 13.5. The molecule has 0 radical (unpaired) electrons. The lowest BCUT2D eigenvalue weighted by Crippen LogP contribution is -2.61. The minimum absolute atomic E-state index is 0.103. The fraction of sp³-hybridized carbons (Fsp3) is 0.667. The monoisotopic (exact) mass is 562 g/mol. The maximum Gasteiger partial charge on any atom is 0.389 e.